The number of amides is 2. The van der Waals surface area contributed by atoms with Crippen LogP contribution in [0.15, 0.2) is 41.0 Å². The number of nitrogens with one attached hydrogen (secondary N) is 2. The minimum Gasteiger partial charge on any atom is -0.452 e. The van der Waals surface area contributed by atoms with Gasteiger partial charge in [0.15, 0.2) is 0 Å². The minimum atomic E-state index is -0.369. The van der Waals surface area contributed by atoms with Crippen molar-refractivity contribution >= 4 is 29.1 Å². The van der Waals surface area contributed by atoms with E-state index in [0.717, 1.165) is 0 Å². The lowest BCUT2D eigenvalue weighted by Crippen LogP contribution is -2.17. The number of hydrogen-bond donors (Lipinski definition) is 2. The van der Waals surface area contributed by atoms with E-state index in [1.807, 2.05) is 0 Å². The Morgan fingerprint density at radius 1 is 1.11 bits per heavy atom. The molecule has 6 heteroatoms. The summed E-state index contributed by atoms with van der Waals surface area (Å²) in [5.41, 5.74) is 1.34. The number of hydrogen-bond acceptors (Lipinski definition) is 3. The van der Waals surface area contributed by atoms with Gasteiger partial charge >= 0.3 is 0 Å². The average Bonchev–Trinajstić information content (AvgIpc) is 2.85. The molecular formula is C13H11ClN2O3. The Kier molecular flexibility index (Phi) is 3.87. The van der Waals surface area contributed by atoms with Gasteiger partial charge in [0.1, 0.15) is 0 Å². The molecule has 2 aromatic rings. The highest BCUT2D eigenvalue weighted by molar-refractivity contribution is 6.32. The molecule has 0 radical (unpaired) electrons. The third kappa shape index (κ3) is 2.95. The lowest BCUT2D eigenvalue weighted by molar-refractivity contribution is 0.0962. The van der Waals surface area contributed by atoms with Crippen LogP contribution in [-0.4, -0.2) is 18.9 Å². The van der Waals surface area contributed by atoms with Crippen LogP contribution in [0, 0.1) is 0 Å². The highest BCUT2D eigenvalue weighted by Crippen LogP contribution is 2.18. The number of carbonyl (C=O) groups excluding carboxylic acids is 2. The zero-order valence-corrected chi connectivity index (χ0v) is 10.8. The molecule has 0 fully saturated rings. The van der Waals surface area contributed by atoms with Crippen molar-refractivity contribution in [2.75, 3.05) is 12.4 Å². The predicted octanol–water partition coefficient (Wildman–Crippen LogP) is 2.54. The number of furan rings is 1. The SMILES string of the molecule is CNC(=O)c1ccc(NC(=O)c2ccoc2Cl)cc1. The molecule has 1 aromatic heterocycles. The molecule has 19 heavy (non-hydrogen) atoms. The molecule has 0 aliphatic rings. The average molecular weight is 279 g/mol. The molecule has 0 aliphatic heterocycles. The Bertz CT molecular complexity index is 605. The quantitative estimate of drug-likeness (QED) is 0.906. The molecule has 0 atom stereocenters. The Balaban J connectivity index is 2.10. The minimum absolute atomic E-state index is 0.0412. The molecule has 2 amide bonds. The van der Waals surface area contributed by atoms with Gasteiger partial charge in [-0.3, -0.25) is 9.59 Å². The normalized spacial score (nSPS) is 10.0. The summed E-state index contributed by atoms with van der Waals surface area (Å²) in [4.78, 5) is 23.2. The van der Waals surface area contributed by atoms with Crippen LogP contribution in [0.2, 0.25) is 5.22 Å². The van der Waals surface area contributed by atoms with Crippen molar-refractivity contribution in [3.63, 3.8) is 0 Å². The Labute approximate surface area is 114 Å². The zero-order chi connectivity index (χ0) is 13.8. The summed E-state index contributed by atoms with van der Waals surface area (Å²) >= 11 is 5.71. The largest absolute Gasteiger partial charge is 0.452 e. The van der Waals surface area contributed by atoms with Crippen molar-refractivity contribution < 1.29 is 14.0 Å². The van der Waals surface area contributed by atoms with E-state index in [2.05, 4.69) is 10.6 Å². The van der Waals surface area contributed by atoms with Crippen LogP contribution in [0.3, 0.4) is 0 Å². The first-order valence-electron chi connectivity index (χ1n) is 5.48. The van der Waals surface area contributed by atoms with E-state index < -0.39 is 0 Å². The Morgan fingerprint density at radius 2 is 1.79 bits per heavy atom. The first kappa shape index (κ1) is 13.2. The van der Waals surface area contributed by atoms with Gasteiger partial charge in [0.25, 0.3) is 11.8 Å². The van der Waals surface area contributed by atoms with Crippen LogP contribution in [0.25, 0.3) is 0 Å². The van der Waals surface area contributed by atoms with Crippen molar-refractivity contribution in [3.8, 4) is 0 Å². The van der Waals surface area contributed by atoms with Crippen molar-refractivity contribution in [2.24, 2.45) is 0 Å². The Morgan fingerprint density at radius 3 is 2.32 bits per heavy atom. The van der Waals surface area contributed by atoms with E-state index in [1.165, 1.54) is 12.3 Å². The molecule has 2 rings (SSSR count). The number of carbonyl (C=O) groups is 2. The van der Waals surface area contributed by atoms with E-state index in [9.17, 15) is 9.59 Å². The predicted molar refractivity (Wildman–Crippen MR) is 71.5 cm³/mol. The number of benzene rings is 1. The van der Waals surface area contributed by atoms with Crippen molar-refractivity contribution in [3.05, 3.63) is 52.9 Å². The fourth-order valence-electron chi connectivity index (χ4n) is 1.50. The van der Waals surface area contributed by atoms with Gasteiger partial charge in [0.05, 0.1) is 11.8 Å². The summed E-state index contributed by atoms with van der Waals surface area (Å²) in [6, 6.07) is 7.99. The van der Waals surface area contributed by atoms with Crippen molar-refractivity contribution in [1.29, 1.82) is 0 Å². The van der Waals surface area contributed by atoms with Crippen LogP contribution in [0.4, 0.5) is 5.69 Å². The summed E-state index contributed by atoms with van der Waals surface area (Å²) in [6.45, 7) is 0. The maximum atomic E-state index is 11.8. The van der Waals surface area contributed by atoms with Gasteiger partial charge < -0.3 is 15.1 Å². The van der Waals surface area contributed by atoms with E-state index >= 15 is 0 Å². The van der Waals surface area contributed by atoms with Crippen LogP contribution < -0.4 is 10.6 Å². The maximum absolute atomic E-state index is 11.8. The second kappa shape index (κ2) is 5.58. The van der Waals surface area contributed by atoms with E-state index in [-0.39, 0.29) is 22.6 Å². The maximum Gasteiger partial charge on any atom is 0.260 e. The molecule has 0 unspecified atom stereocenters. The number of anilines is 1. The molecule has 0 saturated carbocycles. The van der Waals surface area contributed by atoms with Crippen LogP contribution in [0.5, 0.6) is 0 Å². The van der Waals surface area contributed by atoms with E-state index in [4.69, 9.17) is 16.0 Å². The lowest BCUT2D eigenvalue weighted by Gasteiger charge is -2.05. The third-order valence-electron chi connectivity index (χ3n) is 2.49. The third-order valence-corrected chi connectivity index (χ3v) is 2.79. The molecule has 0 spiro atoms. The molecular weight excluding hydrogens is 268 g/mol. The summed E-state index contributed by atoms with van der Waals surface area (Å²) in [5, 5.41) is 5.21. The molecule has 2 N–H and O–H groups in total. The van der Waals surface area contributed by atoms with Crippen LogP contribution in [0.1, 0.15) is 20.7 Å². The van der Waals surface area contributed by atoms with Gasteiger partial charge in [0, 0.05) is 18.3 Å². The second-order valence-corrected chi connectivity index (χ2v) is 4.06. The van der Waals surface area contributed by atoms with E-state index in [0.29, 0.717) is 11.3 Å². The van der Waals surface area contributed by atoms with Gasteiger partial charge in [-0.15, -0.1) is 0 Å². The van der Waals surface area contributed by atoms with Crippen LogP contribution in [-0.2, 0) is 0 Å². The molecule has 5 nitrogen and oxygen atoms in total. The monoisotopic (exact) mass is 278 g/mol. The van der Waals surface area contributed by atoms with Gasteiger partial charge in [-0.2, -0.15) is 0 Å². The highest BCUT2D eigenvalue weighted by Gasteiger charge is 2.13. The zero-order valence-electron chi connectivity index (χ0n) is 10.1. The van der Waals surface area contributed by atoms with Gasteiger partial charge in [-0.25, -0.2) is 0 Å². The standard InChI is InChI=1S/C13H11ClN2O3/c1-15-12(17)8-2-4-9(5-3-8)16-13(18)10-6-7-19-11(10)14/h2-7H,1H3,(H,15,17)(H,16,18). The van der Waals surface area contributed by atoms with E-state index in [1.54, 1.807) is 31.3 Å². The first-order valence-corrected chi connectivity index (χ1v) is 5.86. The van der Waals surface area contributed by atoms with Crippen molar-refractivity contribution in [2.45, 2.75) is 0 Å². The topological polar surface area (TPSA) is 71.3 Å². The van der Waals surface area contributed by atoms with Gasteiger partial charge in [-0.05, 0) is 41.9 Å². The fraction of sp³-hybridized carbons (Fsp3) is 0.0769. The summed E-state index contributed by atoms with van der Waals surface area (Å²) in [6.07, 6.45) is 1.34. The number of halogens is 1. The summed E-state index contributed by atoms with van der Waals surface area (Å²) in [7, 11) is 1.55. The van der Waals surface area contributed by atoms with Crippen LogP contribution >= 0.6 is 11.6 Å². The number of rotatable bonds is 3. The summed E-state index contributed by atoms with van der Waals surface area (Å²) < 4.78 is 4.84. The lowest BCUT2D eigenvalue weighted by atomic mass is 10.2. The highest BCUT2D eigenvalue weighted by atomic mass is 35.5. The van der Waals surface area contributed by atoms with Gasteiger partial charge in [-0.1, -0.05) is 0 Å². The van der Waals surface area contributed by atoms with Gasteiger partial charge in [0.2, 0.25) is 5.22 Å². The molecule has 0 saturated heterocycles. The molecule has 0 aliphatic carbocycles. The summed E-state index contributed by atoms with van der Waals surface area (Å²) in [5.74, 6) is -0.554. The molecule has 98 valence electrons. The molecule has 1 aromatic carbocycles. The fourth-order valence-corrected chi connectivity index (χ4v) is 1.70. The van der Waals surface area contributed by atoms with Crippen molar-refractivity contribution in [1.82, 2.24) is 5.32 Å². The first-order chi connectivity index (χ1) is 9.11. The smallest absolute Gasteiger partial charge is 0.260 e. The molecule has 1 heterocycles. The molecule has 0 bridgehead atoms. The second-order valence-electron chi connectivity index (χ2n) is 3.72. The Hall–Kier alpha value is -2.27.